The smallest absolute Gasteiger partial charge is 0.266 e. The standard InChI is InChI=1S/C11H13N3OS/c1-8(2)14-10(5-6-12-14)13-11(15)9-4-3-7-16-9/h3-8H,1-2H3,(H,13,15). The Morgan fingerprint density at radius 2 is 2.31 bits per heavy atom. The van der Waals surface area contributed by atoms with E-state index in [1.54, 1.807) is 23.0 Å². The number of nitrogens with one attached hydrogen (secondary N) is 1. The lowest BCUT2D eigenvalue weighted by Gasteiger charge is -2.10. The number of amides is 1. The number of rotatable bonds is 3. The van der Waals surface area contributed by atoms with Crippen LogP contribution in [0.4, 0.5) is 5.82 Å². The molecule has 2 aromatic rings. The molecular weight excluding hydrogens is 222 g/mol. The van der Waals surface area contributed by atoms with Gasteiger partial charge >= 0.3 is 0 Å². The van der Waals surface area contributed by atoms with E-state index < -0.39 is 0 Å². The van der Waals surface area contributed by atoms with Crippen LogP contribution in [0.2, 0.25) is 0 Å². The van der Waals surface area contributed by atoms with Gasteiger partial charge in [0.2, 0.25) is 0 Å². The van der Waals surface area contributed by atoms with Gasteiger partial charge in [0, 0.05) is 12.1 Å². The van der Waals surface area contributed by atoms with E-state index >= 15 is 0 Å². The molecule has 0 spiro atoms. The summed E-state index contributed by atoms with van der Waals surface area (Å²) in [5.74, 6) is 0.644. The highest BCUT2D eigenvalue weighted by Crippen LogP contribution is 2.16. The van der Waals surface area contributed by atoms with Crippen LogP contribution in [0.25, 0.3) is 0 Å². The first kappa shape index (κ1) is 10.9. The third-order valence-electron chi connectivity index (χ3n) is 2.15. The Morgan fingerprint density at radius 3 is 2.94 bits per heavy atom. The van der Waals surface area contributed by atoms with Gasteiger partial charge in [0.1, 0.15) is 5.82 Å². The normalized spacial score (nSPS) is 10.7. The van der Waals surface area contributed by atoms with Crippen LogP contribution in [0.15, 0.2) is 29.8 Å². The van der Waals surface area contributed by atoms with Gasteiger partial charge in [-0.3, -0.25) is 4.79 Å². The summed E-state index contributed by atoms with van der Waals surface area (Å²) >= 11 is 1.43. The minimum atomic E-state index is -0.0857. The van der Waals surface area contributed by atoms with Crippen molar-refractivity contribution >= 4 is 23.1 Å². The molecule has 2 rings (SSSR count). The lowest BCUT2D eigenvalue weighted by atomic mass is 10.4. The Morgan fingerprint density at radius 1 is 1.50 bits per heavy atom. The van der Waals surface area contributed by atoms with Crippen molar-refractivity contribution in [3.05, 3.63) is 34.7 Å². The molecule has 0 atom stereocenters. The summed E-state index contributed by atoms with van der Waals surface area (Å²) in [6.07, 6.45) is 1.68. The molecule has 0 bridgehead atoms. The number of aromatic nitrogens is 2. The molecule has 2 heterocycles. The van der Waals surface area contributed by atoms with Gasteiger partial charge in [0.15, 0.2) is 0 Å². The third-order valence-corrected chi connectivity index (χ3v) is 3.01. The van der Waals surface area contributed by atoms with Crippen molar-refractivity contribution in [1.29, 1.82) is 0 Å². The highest BCUT2D eigenvalue weighted by atomic mass is 32.1. The minimum Gasteiger partial charge on any atom is -0.306 e. The fraction of sp³-hybridized carbons (Fsp3) is 0.273. The summed E-state index contributed by atoms with van der Waals surface area (Å²) in [6, 6.07) is 5.69. The van der Waals surface area contributed by atoms with Gasteiger partial charge in [-0.05, 0) is 25.3 Å². The summed E-state index contributed by atoms with van der Waals surface area (Å²) in [5, 5.41) is 8.89. The van der Waals surface area contributed by atoms with E-state index in [-0.39, 0.29) is 11.9 Å². The minimum absolute atomic E-state index is 0.0857. The van der Waals surface area contributed by atoms with E-state index in [0.29, 0.717) is 4.88 Å². The number of hydrogen-bond acceptors (Lipinski definition) is 3. The van der Waals surface area contributed by atoms with Crippen molar-refractivity contribution in [3.63, 3.8) is 0 Å². The van der Waals surface area contributed by atoms with Gasteiger partial charge in [-0.15, -0.1) is 11.3 Å². The molecule has 0 fully saturated rings. The van der Waals surface area contributed by atoms with Crippen molar-refractivity contribution < 1.29 is 4.79 Å². The predicted octanol–water partition coefficient (Wildman–Crippen LogP) is 2.78. The van der Waals surface area contributed by atoms with E-state index in [1.165, 1.54) is 11.3 Å². The zero-order valence-corrected chi connectivity index (χ0v) is 9.99. The molecule has 4 nitrogen and oxygen atoms in total. The number of thiophene rings is 1. The molecule has 0 aromatic carbocycles. The molecule has 0 radical (unpaired) electrons. The first-order valence-electron chi connectivity index (χ1n) is 5.07. The summed E-state index contributed by atoms with van der Waals surface area (Å²) in [4.78, 5) is 12.5. The van der Waals surface area contributed by atoms with Crippen molar-refractivity contribution in [2.45, 2.75) is 19.9 Å². The van der Waals surface area contributed by atoms with Crippen LogP contribution >= 0.6 is 11.3 Å². The molecule has 0 aliphatic heterocycles. The van der Waals surface area contributed by atoms with Crippen LogP contribution in [0.1, 0.15) is 29.6 Å². The van der Waals surface area contributed by atoms with Crippen LogP contribution in [-0.4, -0.2) is 15.7 Å². The zero-order chi connectivity index (χ0) is 11.5. The monoisotopic (exact) mass is 235 g/mol. The number of carbonyl (C=O) groups is 1. The maximum atomic E-state index is 11.8. The molecule has 0 saturated carbocycles. The fourth-order valence-corrected chi connectivity index (χ4v) is 2.03. The van der Waals surface area contributed by atoms with Crippen LogP contribution in [-0.2, 0) is 0 Å². The molecule has 2 aromatic heterocycles. The van der Waals surface area contributed by atoms with Crippen molar-refractivity contribution in [2.24, 2.45) is 0 Å². The molecule has 16 heavy (non-hydrogen) atoms. The van der Waals surface area contributed by atoms with Gasteiger partial charge in [-0.1, -0.05) is 6.07 Å². The molecule has 5 heteroatoms. The number of hydrogen-bond donors (Lipinski definition) is 1. The molecule has 0 aliphatic carbocycles. The van der Waals surface area contributed by atoms with Gasteiger partial charge in [0.25, 0.3) is 5.91 Å². The molecule has 0 unspecified atom stereocenters. The van der Waals surface area contributed by atoms with Gasteiger partial charge < -0.3 is 5.32 Å². The number of anilines is 1. The number of nitrogens with zero attached hydrogens (tertiary/aromatic N) is 2. The Kier molecular flexibility index (Phi) is 3.05. The summed E-state index contributed by atoms with van der Waals surface area (Å²) in [7, 11) is 0. The van der Waals surface area contributed by atoms with E-state index in [9.17, 15) is 4.79 Å². The first-order chi connectivity index (χ1) is 7.68. The quantitative estimate of drug-likeness (QED) is 0.889. The fourth-order valence-electron chi connectivity index (χ4n) is 1.41. The van der Waals surface area contributed by atoms with E-state index in [2.05, 4.69) is 10.4 Å². The van der Waals surface area contributed by atoms with Gasteiger partial charge in [-0.2, -0.15) is 5.10 Å². The lowest BCUT2D eigenvalue weighted by molar-refractivity contribution is 0.102. The van der Waals surface area contributed by atoms with Gasteiger partial charge in [0.05, 0.1) is 11.1 Å². The molecule has 0 saturated heterocycles. The predicted molar refractivity (Wildman–Crippen MR) is 64.9 cm³/mol. The second-order valence-corrected chi connectivity index (χ2v) is 4.63. The summed E-state index contributed by atoms with van der Waals surface area (Å²) < 4.78 is 1.78. The maximum absolute atomic E-state index is 11.8. The SMILES string of the molecule is CC(C)n1nccc1NC(=O)c1cccs1. The molecule has 1 amide bonds. The molecule has 0 aliphatic rings. The second kappa shape index (κ2) is 4.49. The van der Waals surface area contributed by atoms with E-state index in [1.807, 2.05) is 25.3 Å². The van der Waals surface area contributed by atoms with Crippen molar-refractivity contribution in [3.8, 4) is 0 Å². The average Bonchev–Trinajstić information content (AvgIpc) is 2.86. The van der Waals surface area contributed by atoms with E-state index in [4.69, 9.17) is 0 Å². The first-order valence-corrected chi connectivity index (χ1v) is 5.95. The summed E-state index contributed by atoms with van der Waals surface area (Å²) in [6.45, 7) is 4.04. The topological polar surface area (TPSA) is 46.9 Å². The van der Waals surface area contributed by atoms with Crippen LogP contribution in [0.5, 0.6) is 0 Å². The second-order valence-electron chi connectivity index (χ2n) is 3.69. The average molecular weight is 235 g/mol. The van der Waals surface area contributed by atoms with Gasteiger partial charge in [-0.25, -0.2) is 4.68 Å². The van der Waals surface area contributed by atoms with E-state index in [0.717, 1.165) is 5.82 Å². The maximum Gasteiger partial charge on any atom is 0.266 e. The summed E-state index contributed by atoms with van der Waals surface area (Å²) in [5.41, 5.74) is 0. The highest BCUT2D eigenvalue weighted by Gasteiger charge is 2.11. The Bertz CT molecular complexity index is 473. The Hall–Kier alpha value is -1.62. The zero-order valence-electron chi connectivity index (χ0n) is 9.18. The Balaban J connectivity index is 2.15. The Labute approximate surface area is 97.9 Å². The van der Waals surface area contributed by atoms with Crippen LogP contribution < -0.4 is 5.32 Å². The molecule has 84 valence electrons. The highest BCUT2D eigenvalue weighted by molar-refractivity contribution is 7.12. The number of carbonyl (C=O) groups excluding carboxylic acids is 1. The van der Waals surface area contributed by atoms with Crippen LogP contribution in [0, 0.1) is 0 Å². The lowest BCUT2D eigenvalue weighted by Crippen LogP contribution is -2.15. The molecular formula is C11H13N3OS. The largest absolute Gasteiger partial charge is 0.306 e. The van der Waals surface area contributed by atoms with Crippen molar-refractivity contribution in [2.75, 3.05) is 5.32 Å². The molecule has 1 N–H and O–H groups in total. The third kappa shape index (κ3) is 2.14. The van der Waals surface area contributed by atoms with Crippen LogP contribution in [0.3, 0.4) is 0 Å². The van der Waals surface area contributed by atoms with Crippen molar-refractivity contribution in [1.82, 2.24) is 9.78 Å².